The third-order valence-corrected chi connectivity index (χ3v) is 4.17. The highest BCUT2D eigenvalue weighted by Crippen LogP contribution is 2.32. The van der Waals surface area contributed by atoms with Crippen LogP contribution >= 0.6 is 0 Å². The SMILES string of the molecule is CCN(CC)C(C(=O)Nc1cccc(F)c1F)c1cccc(C(F)(F)F)c1. The highest BCUT2D eigenvalue weighted by atomic mass is 19.4. The van der Waals surface area contributed by atoms with Gasteiger partial charge in [-0.1, -0.05) is 32.0 Å². The van der Waals surface area contributed by atoms with Gasteiger partial charge in [-0.25, -0.2) is 8.78 Å². The Labute approximate surface area is 153 Å². The lowest BCUT2D eigenvalue weighted by Crippen LogP contribution is -2.37. The number of carbonyl (C=O) groups is 1. The minimum Gasteiger partial charge on any atom is -0.322 e. The molecule has 2 rings (SSSR count). The van der Waals surface area contributed by atoms with Gasteiger partial charge in [0.2, 0.25) is 5.91 Å². The number of nitrogens with one attached hydrogen (secondary N) is 1. The number of carbonyl (C=O) groups excluding carboxylic acids is 1. The van der Waals surface area contributed by atoms with Gasteiger partial charge in [0.25, 0.3) is 0 Å². The van der Waals surface area contributed by atoms with Crippen LogP contribution in [0, 0.1) is 11.6 Å². The second-order valence-corrected chi connectivity index (χ2v) is 5.84. The monoisotopic (exact) mass is 386 g/mol. The van der Waals surface area contributed by atoms with Gasteiger partial charge in [-0.05, 0) is 42.9 Å². The van der Waals surface area contributed by atoms with E-state index >= 15 is 0 Å². The summed E-state index contributed by atoms with van der Waals surface area (Å²) < 4.78 is 66.3. The molecule has 0 aromatic heterocycles. The molecule has 0 aliphatic rings. The molecule has 0 saturated heterocycles. The van der Waals surface area contributed by atoms with E-state index in [4.69, 9.17) is 0 Å². The Morgan fingerprint density at radius 2 is 1.70 bits per heavy atom. The van der Waals surface area contributed by atoms with Gasteiger partial charge in [0.1, 0.15) is 6.04 Å². The minimum absolute atomic E-state index is 0.114. The first kappa shape index (κ1) is 20.8. The lowest BCUT2D eigenvalue weighted by atomic mass is 10.0. The van der Waals surface area contributed by atoms with E-state index < -0.39 is 35.3 Å². The minimum atomic E-state index is -4.56. The molecular formula is C19H19F5N2O. The number of anilines is 1. The van der Waals surface area contributed by atoms with Crippen molar-refractivity contribution in [2.24, 2.45) is 0 Å². The number of hydrogen-bond donors (Lipinski definition) is 1. The molecule has 3 nitrogen and oxygen atoms in total. The Morgan fingerprint density at radius 3 is 2.30 bits per heavy atom. The summed E-state index contributed by atoms with van der Waals surface area (Å²) in [6, 6.07) is 6.64. The molecule has 1 amide bonds. The van der Waals surface area contributed by atoms with Gasteiger partial charge >= 0.3 is 6.18 Å². The Balaban J connectivity index is 2.43. The fourth-order valence-corrected chi connectivity index (χ4v) is 2.80. The summed E-state index contributed by atoms with van der Waals surface area (Å²) in [5.41, 5.74) is -1.14. The zero-order valence-electron chi connectivity index (χ0n) is 14.8. The van der Waals surface area contributed by atoms with E-state index in [0.717, 1.165) is 18.2 Å². The van der Waals surface area contributed by atoms with Crippen LogP contribution in [-0.4, -0.2) is 23.9 Å². The van der Waals surface area contributed by atoms with Crippen LogP contribution in [0.4, 0.5) is 27.6 Å². The van der Waals surface area contributed by atoms with Gasteiger partial charge in [0.15, 0.2) is 11.6 Å². The van der Waals surface area contributed by atoms with Crippen LogP contribution in [0.25, 0.3) is 0 Å². The largest absolute Gasteiger partial charge is 0.416 e. The van der Waals surface area contributed by atoms with E-state index in [1.54, 1.807) is 18.7 Å². The summed E-state index contributed by atoms with van der Waals surface area (Å²) in [5, 5.41) is 2.28. The van der Waals surface area contributed by atoms with Crippen molar-refractivity contribution >= 4 is 11.6 Å². The predicted octanol–water partition coefficient (Wildman–Crippen LogP) is 5.01. The van der Waals surface area contributed by atoms with Crippen molar-refractivity contribution < 1.29 is 26.7 Å². The zero-order valence-corrected chi connectivity index (χ0v) is 14.8. The third kappa shape index (κ3) is 4.82. The van der Waals surface area contributed by atoms with Crippen LogP contribution in [0.2, 0.25) is 0 Å². The number of nitrogens with zero attached hydrogens (tertiary/aromatic N) is 1. The Kier molecular flexibility index (Phi) is 6.54. The van der Waals surface area contributed by atoms with Crippen molar-refractivity contribution in [1.29, 1.82) is 0 Å². The molecule has 1 atom stereocenters. The maximum atomic E-state index is 13.9. The quantitative estimate of drug-likeness (QED) is 0.709. The standard InChI is InChI=1S/C19H19F5N2O/c1-3-26(4-2)17(12-7-5-8-13(11-12)19(22,23)24)18(27)25-15-10-6-9-14(20)16(15)21/h5-11,17H,3-4H2,1-2H3,(H,25,27). The molecule has 0 saturated carbocycles. The van der Waals surface area contributed by atoms with E-state index in [-0.39, 0.29) is 11.3 Å². The van der Waals surface area contributed by atoms with Gasteiger partial charge < -0.3 is 5.32 Å². The number of benzene rings is 2. The number of amides is 1. The summed E-state index contributed by atoms with van der Waals surface area (Å²) in [6.45, 7) is 4.24. The second-order valence-electron chi connectivity index (χ2n) is 5.84. The molecule has 0 fully saturated rings. The van der Waals surface area contributed by atoms with Crippen LogP contribution in [0.3, 0.4) is 0 Å². The number of likely N-dealkylation sites (N-methyl/N-ethyl adjacent to an activating group) is 1. The highest BCUT2D eigenvalue weighted by Gasteiger charge is 2.33. The first-order valence-corrected chi connectivity index (χ1v) is 8.35. The average molecular weight is 386 g/mol. The smallest absolute Gasteiger partial charge is 0.322 e. The van der Waals surface area contributed by atoms with Crippen molar-refractivity contribution in [1.82, 2.24) is 4.90 Å². The first-order valence-electron chi connectivity index (χ1n) is 8.35. The molecule has 2 aromatic rings. The molecule has 0 spiro atoms. The van der Waals surface area contributed by atoms with E-state index in [1.165, 1.54) is 24.3 Å². The van der Waals surface area contributed by atoms with Crippen LogP contribution in [-0.2, 0) is 11.0 Å². The summed E-state index contributed by atoms with van der Waals surface area (Å²) >= 11 is 0. The molecule has 0 radical (unpaired) electrons. The van der Waals surface area contributed by atoms with Crippen molar-refractivity contribution in [3.8, 4) is 0 Å². The van der Waals surface area contributed by atoms with Gasteiger partial charge in [-0.3, -0.25) is 9.69 Å². The Bertz CT molecular complexity index is 803. The van der Waals surface area contributed by atoms with Crippen LogP contribution in [0.1, 0.15) is 31.0 Å². The fraction of sp³-hybridized carbons (Fsp3) is 0.316. The number of hydrogen-bond acceptors (Lipinski definition) is 2. The molecule has 2 aromatic carbocycles. The molecule has 1 unspecified atom stereocenters. The molecule has 0 bridgehead atoms. The van der Waals surface area contributed by atoms with Crippen molar-refractivity contribution in [3.63, 3.8) is 0 Å². The van der Waals surface area contributed by atoms with Crippen LogP contribution in [0.5, 0.6) is 0 Å². The Morgan fingerprint density at radius 1 is 1.07 bits per heavy atom. The van der Waals surface area contributed by atoms with Crippen molar-refractivity contribution in [2.75, 3.05) is 18.4 Å². The molecule has 0 aliphatic carbocycles. The predicted molar refractivity (Wildman–Crippen MR) is 92.1 cm³/mol. The van der Waals surface area contributed by atoms with E-state index in [2.05, 4.69) is 5.32 Å². The average Bonchev–Trinajstić information content (AvgIpc) is 2.62. The van der Waals surface area contributed by atoms with Gasteiger partial charge in [-0.15, -0.1) is 0 Å². The van der Waals surface area contributed by atoms with Crippen LogP contribution in [0.15, 0.2) is 42.5 Å². The summed E-state index contributed by atoms with van der Waals surface area (Å²) in [5.74, 6) is -3.11. The lowest BCUT2D eigenvalue weighted by molar-refractivity contribution is -0.137. The second kappa shape index (κ2) is 8.47. The maximum absolute atomic E-state index is 13.9. The lowest BCUT2D eigenvalue weighted by Gasteiger charge is -2.29. The zero-order chi connectivity index (χ0) is 20.2. The summed E-state index contributed by atoms with van der Waals surface area (Å²) in [6.07, 6.45) is -4.56. The Hall–Kier alpha value is -2.48. The fourth-order valence-electron chi connectivity index (χ4n) is 2.80. The van der Waals surface area contributed by atoms with Crippen LogP contribution < -0.4 is 5.32 Å². The maximum Gasteiger partial charge on any atom is 0.416 e. The number of halogens is 5. The molecule has 146 valence electrons. The van der Waals surface area contributed by atoms with E-state index in [1.807, 2.05) is 0 Å². The molecule has 1 N–H and O–H groups in total. The van der Waals surface area contributed by atoms with Gasteiger partial charge in [-0.2, -0.15) is 13.2 Å². The molecule has 8 heteroatoms. The van der Waals surface area contributed by atoms with Crippen molar-refractivity contribution in [2.45, 2.75) is 26.1 Å². The first-order chi connectivity index (χ1) is 12.7. The highest BCUT2D eigenvalue weighted by molar-refractivity contribution is 5.95. The topological polar surface area (TPSA) is 32.3 Å². The molecule has 0 aliphatic heterocycles. The van der Waals surface area contributed by atoms with Gasteiger partial charge in [0.05, 0.1) is 11.3 Å². The van der Waals surface area contributed by atoms with E-state index in [9.17, 15) is 26.7 Å². The van der Waals surface area contributed by atoms with Crippen molar-refractivity contribution in [3.05, 3.63) is 65.2 Å². The van der Waals surface area contributed by atoms with Gasteiger partial charge in [0, 0.05) is 0 Å². The van der Waals surface area contributed by atoms with E-state index in [0.29, 0.717) is 13.1 Å². The summed E-state index contributed by atoms with van der Waals surface area (Å²) in [7, 11) is 0. The third-order valence-electron chi connectivity index (χ3n) is 4.17. The number of rotatable bonds is 6. The molecule has 0 heterocycles. The number of alkyl halides is 3. The normalized spacial score (nSPS) is 12.9. The molecular weight excluding hydrogens is 367 g/mol. The molecule has 27 heavy (non-hydrogen) atoms. The summed E-state index contributed by atoms with van der Waals surface area (Å²) in [4.78, 5) is 14.4.